The summed E-state index contributed by atoms with van der Waals surface area (Å²) in [5, 5.41) is 0.612. The Bertz CT molecular complexity index is 857. The molecule has 0 saturated carbocycles. The van der Waals surface area contributed by atoms with Crippen molar-refractivity contribution < 1.29 is 9.59 Å². The van der Waals surface area contributed by atoms with Crippen molar-refractivity contribution in [3.63, 3.8) is 0 Å². The SMILES string of the molecule is O=C(Cc1ccc(Cl)cc1)NNC(=O)C(c1ccccc1)c1ccccc1. The summed E-state index contributed by atoms with van der Waals surface area (Å²) in [7, 11) is 0. The number of benzene rings is 3. The molecule has 0 aromatic heterocycles. The third-order valence-electron chi connectivity index (χ3n) is 4.13. The molecule has 0 radical (unpaired) electrons. The van der Waals surface area contributed by atoms with Gasteiger partial charge in [0.2, 0.25) is 11.8 Å². The molecule has 5 heteroatoms. The maximum atomic E-state index is 12.8. The third kappa shape index (κ3) is 5.19. The monoisotopic (exact) mass is 378 g/mol. The molecule has 136 valence electrons. The van der Waals surface area contributed by atoms with Gasteiger partial charge in [0.05, 0.1) is 12.3 Å². The lowest BCUT2D eigenvalue weighted by Gasteiger charge is -2.18. The number of hydrogen-bond acceptors (Lipinski definition) is 2. The van der Waals surface area contributed by atoms with Gasteiger partial charge in [0, 0.05) is 5.02 Å². The molecule has 0 bridgehead atoms. The van der Waals surface area contributed by atoms with Gasteiger partial charge in [-0.15, -0.1) is 0 Å². The fourth-order valence-electron chi connectivity index (χ4n) is 2.82. The molecule has 27 heavy (non-hydrogen) atoms. The molecule has 0 aliphatic heterocycles. The molecule has 2 amide bonds. The zero-order chi connectivity index (χ0) is 19.1. The Labute approximate surface area is 163 Å². The highest BCUT2D eigenvalue weighted by atomic mass is 35.5. The number of nitrogens with one attached hydrogen (secondary N) is 2. The standard InChI is InChI=1S/C22H19ClN2O2/c23-19-13-11-16(12-14-19)15-20(26)24-25-22(27)21(17-7-3-1-4-8-17)18-9-5-2-6-10-18/h1-14,21H,15H2,(H,24,26)(H,25,27). The van der Waals surface area contributed by atoms with E-state index >= 15 is 0 Å². The van der Waals surface area contributed by atoms with E-state index in [-0.39, 0.29) is 18.2 Å². The highest BCUT2D eigenvalue weighted by molar-refractivity contribution is 6.30. The van der Waals surface area contributed by atoms with Gasteiger partial charge in [-0.1, -0.05) is 84.4 Å². The second-order valence-electron chi connectivity index (χ2n) is 6.10. The smallest absolute Gasteiger partial charge is 0.250 e. The van der Waals surface area contributed by atoms with Crippen LogP contribution < -0.4 is 10.9 Å². The predicted molar refractivity (Wildman–Crippen MR) is 106 cm³/mol. The summed E-state index contributed by atoms with van der Waals surface area (Å²) < 4.78 is 0. The van der Waals surface area contributed by atoms with E-state index in [0.717, 1.165) is 16.7 Å². The minimum Gasteiger partial charge on any atom is -0.273 e. The maximum absolute atomic E-state index is 12.8. The van der Waals surface area contributed by atoms with Crippen molar-refractivity contribution >= 4 is 23.4 Å². The summed E-state index contributed by atoms with van der Waals surface area (Å²) in [4.78, 5) is 24.9. The minimum absolute atomic E-state index is 0.152. The van der Waals surface area contributed by atoms with Crippen LogP contribution in [0.25, 0.3) is 0 Å². The van der Waals surface area contributed by atoms with Crippen LogP contribution in [0.15, 0.2) is 84.9 Å². The van der Waals surface area contributed by atoms with Crippen LogP contribution in [0.1, 0.15) is 22.6 Å². The van der Waals surface area contributed by atoms with Crippen molar-refractivity contribution in [2.75, 3.05) is 0 Å². The first kappa shape index (κ1) is 18.7. The highest BCUT2D eigenvalue weighted by Gasteiger charge is 2.22. The van der Waals surface area contributed by atoms with Gasteiger partial charge in [0.25, 0.3) is 0 Å². The molecule has 3 rings (SSSR count). The van der Waals surface area contributed by atoms with Gasteiger partial charge in [0.1, 0.15) is 0 Å². The van der Waals surface area contributed by atoms with E-state index in [0.29, 0.717) is 5.02 Å². The highest BCUT2D eigenvalue weighted by Crippen LogP contribution is 2.24. The summed E-state index contributed by atoms with van der Waals surface area (Å²) in [6.45, 7) is 0. The van der Waals surface area contributed by atoms with E-state index in [1.54, 1.807) is 24.3 Å². The quantitative estimate of drug-likeness (QED) is 0.662. The molecule has 0 atom stereocenters. The molecule has 0 unspecified atom stereocenters. The fourth-order valence-corrected chi connectivity index (χ4v) is 2.95. The first-order valence-corrected chi connectivity index (χ1v) is 8.94. The minimum atomic E-state index is -0.511. The van der Waals surface area contributed by atoms with Gasteiger partial charge < -0.3 is 0 Å². The van der Waals surface area contributed by atoms with Gasteiger partial charge in [-0.25, -0.2) is 0 Å². The number of rotatable bonds is 5. The first-order chi connectivity index (χ1) is 13.1. The van der Waals surface area contributed by atoms with Crippen LogP contribution >= 0.6 is 11.6 Å². The van der Waals surface area contributed by atoms with Crippen molar-refractivity contribution in [1.29, 1.82) is 0 Å². The molecule has 2 N–H and O–H groups in total. The summed E-state index contributed by atoms with van der Waals surface area (Å²) >= 11 is 5.84. The average molecular weight is 379 g/mol. The van der Waals surface area contributed by atoms with Crippen LogP contribution in [-0.4, -0.2) is 11.8 Å². The van der Waals surface area contributed by atoms with E-state index in [1.807, 2.05) is 60.7 Å². The van der Waals surface area contributed by atoms with Crippen LogP contribution in [0.2, 0.25) is 5.02 Å². The van der Waals surface area contributed by atoms with Crippen molar-refractivity contribution in [2.24, 2.45) is 0 Å². The average Bonchev–Trinajstić information content (AvgIpc) is 2.70. The molecule has 0 saturated heterocycles. The van der Waals surface area contributed by atoms with Crippen LogP contribution in [0, 0.1) is 0 Å². The zero-order valence-electron chi connectivity index (χ0n) is 14.6. The first-order valence-electron chi connectivity index (χ1n) is 8.56. The molecule has 0 spiro atoms. The predicted octanol–water partition coefficient (Wildman–Crippen LogP) is 3.86. The lowest BCUT2D eigenvalue weighted by molar-refractivity contribution is -0.128. The summed E-state index contributed by atoms with van der Waals surface area (Å²) in [5.41, 5.74) is 7.56. The fraction of sp³-hybridized carbons (Fsp3) is 0.0909. The molecule has 4 nitrogen and oxygen atoms in total. The molecular weight excluding hydrogens is 360 g/mol. The number of carbonyl (C=O) groups excluding carboxylic acids is 2. The van der Waals surface area contributed by atoms with Gasteiger partial charge in [-0.05, 0) is 28.8 Å². The van der Waals surface area contributed by atoms with Crippen molar-refractivity contribution in [2.45, 2.75) is 12.3 Å². The van der Waals surface area contributed by atoms with Gasteiger partial charge in [0.15, 0.2) is 0 Å². The topological polar surface area (TPSA) is 58.2 Å². The Balaban J connectivity index is 1.68. The molecule has 0 heterocycles. The van der Waals surface area contributed by atoms with Crippen LogP contribution in [0.4, 0.5) is 0 Å². The number of carbonyl (C=O) groups is 2. The Hall–Kier alpha value is -3.11. The van der Waals surface area contributed by atoms with Crippen molar-refractivity contribution in [1.82, 2.24) is 10.9 Å². The second-order valence-corrected chi connectivity index (χ2v) is 6.53. The largest absolute Gasteiger partial charge is 0.273 e. The lowest BCUT2D eigenvalue weighted by Crippen LogP contribution is -2.44. The normalized spacial score (nSPS) is 10.4. The molecule has 0 aliphatic carbocycles. The number of hydrogen-bond donors (Lipinski definition) is 2. The molecule has 0 aliphatic rings. The van der Waals surface area contributed by atoms with Crippen LogP contribution in [0.5, 0.6) is 0 Å². The van der Waals surface area contributed by atoms with Gasteiger partial charge in [-0.2, -0.15) is 0 Å². The maximum Gasteiger partial charge on any atom is 0.250 e. The Morgan fingerprint density at radius 1 is 0.741 bits per heavy atom. The summed E-state index contributed by atoms with van der Waals surface area (Å²) in [6.07, 6.45) is 0.152. The lowest BCUT2D eigenvalue weighted by atomic mass is 9.91. The third-order valence-corrected chi connectivity index (χ3v) is 4.38. The van der Waals surface area contributed by atoms with Gasteiger partial charge >= 0.3 is 0 Å². The van der Waals surface area contributed by atoms with E-state index in [9.17, 15) is 9.59 Å². The van der Waals surface area contributed by atoms with E-state index < -0.39 is 5.92 Å². The second kappa shape index (κ2) is 9.01. The summed E-state index contributed by atoms with van der Waals surface area (Å²) in [5.74, 6) is -1.11. The van der Waals surface area contributed by atoms with E-state index in [4.69, 9.17) is 11.6 Å². The van der Waals surface area contributed by atoms with E-state index in [2.05, 4.69) is 10.9 Å². The number of amides is 2. The van der Waals surface area contributed by atoms with Crippen LogP contribution in [0.3, 0.4) is 0 Å². The van der Waals surface area contributed by atoms with Crippen LogP contribution in [-0.2, 0) is 16.0 Å². The molecule has 3 aromatic carbocycles. The Morgan fingerprint density at radius 2 is 1.26 bits per heavy atom. The Morgan fingerprint density at radius 3 is 1.78 bits per heavy atom. The van der Waals surface area contributed by atoms with E-state index in [1.165, 1.54) is 0 Å². The Kier molecular flexibility index (Phi) is 6.23. The number of hydrazine groups is 1. The zero-order valence-corrected chi connectivity index (χ0v) is 15.3. The summed E-state index contributed by atoms with van der Waals surface area (Å²) in [6, 6.07) is 25.9. The number of halogens is 1. The molecule has 3 aromatic rings. The molecule has 0 fully saturated rings. The molecular formula is C22H19ClN2O2. The van der Waals surface area contributed by atoms with Crippen molar-refractivity contribution in [3.8, 4) is 0 Å². The van der Waals surface area contributed by atoms with Crippen molar-refractivity contribution in [3.05, 3.63) is 107 Å². The van der Waals surface area contributed by atoms with Gasteiger partial charge in [-0.3, -0.25) is 20.4 Å².